The smallest absolute Gasteiger partial charge is 0.255 e. The van der Waals surface area contributed by atoms with Gasteiger partial charge in [0.1, 0.15) is 28.7 Å². The molecular formula is C31H29FN4O4. The van der Waals surface area contributed by atoms with E-state index in [0.29, 0.717) is 72.2 Å². The van der Waals surface area contributed by atoms with Crippen molar-refractivity contribution in [2.45, 2.75) is 12.5 Å². The highest BCUT2D eigenvalue weighted by molar-refractivity contribution is 6.12. The number of aromatic amines is 1. The molecule has 0 aliphatic carbocycles. The average Bonchev–Trinajstić information content (AvgIpc) is 3.66. The third kappa shape index (κ3) is 5.15. The summed E-state index contributed by atoms with van der Waals surface area (Å²) in [6.07, 6.45) is 3.65. The van der Waals surface area contributed by atoms with Crippen molar-refractivity contribution in [2.75, 3.05) is 38.3 Å². The van der Waals surface area contributed by atoms with Crippen molar-refractivity contribution in [2.24, 2.45) is 0 Å². The monoisotopic (exact) mass is 540 g/mol. The molecule has 0 radical (unpaired) electrons. The van der Waals surface area contributed by atoms with Crippen LogP contribution in [0.2, 0.25) is 0 Å². The molecular weight excluding hydrogens is 511 g/mol. The molecule has 8 nitrogen and oxygen atoms in total. The van der Waals surface area contributed by atoms with Gasteiger partial charge in [0, 0.05) is 56.0 Å². The van der Waals surface area contributed by atoms with E-state index in [-0.39, 0.29) is 11.7 Å². The number of carbonyl (C=O) groups excluding carboxylic acids is 1. The van der Waals surface area contributed by atoms with Gasteiger partial charge in [-0.1, -0.05) is 30.3 Å². The number of fused-ring (bicyclic) bond motifs is 1. The van der Waals surface area contributed by atoms with Gasteiger partial charge in [-0.3, -0.25) is 4.79 Å². The van der Waals surface area contributed by atoms with Crippen LogP contribution in [0.4, 0.5) is 10.1 Å². The number of hydrogen-bond acceptors (Lipinski definition) is 6. The molecule has 1 saturated heterocycles. The minimum Gasteiger partial charge on any atom is -0.480 e. The minimum absolute atomic E-state index is 0.310. The molecule has 40 heavy (non-hydrogen) atoms. The first-order valence-corrected chi connectivity index (χ1v) is 13.2. The molecule has 0 bridgehead atoms. The van der Waals surface area contributed by atoms with Crippen LogP contribution in [0.25, 0.3) is 22.3 Å². The molecule has 1 aliphatic rings. The zero-order valence-electron chi connectivity index (χ0n) is 22.0. The van der Waals surface area contributed by atoms with Gasteiger partial charge in [0.25, 0.3) is 5.91 Å². The van der Waals surface area contributed by atoms with E-state index in [1.54, 1.807) is 31.6 Å². The van der Waals surface area contributed by atoms with Crippen molar-refractivity contribution in [3.63, 3.8) is 0 Å². The first-order chi connectivity index (χ1) is 19.6. The molecule has 6 rings (SSSR count). The van der Waals surface area contributed by atoms with Crippen LogP contribution in [0, 0.1) is 5.82 Å². The third-order valence-electron chi connectivity index (χ3n) is 7.04. The molecule has 204 valence electrons. The Morgan fingerprint density at radius 3 is 2.60 bits per heavy atom. The van der Waals surface area contributed by atoms with Gasteiger partial charge in [-0.2, -0.15) is 0 Å². The summed E-state index contributed by atoms with van der Waals surface area (Å²) < 4.78 is 32.3. The van der Waals surface area contributed by atoms with Gasteiger partial charge in [-0.25, -0.2) is 9.37 Å². The van der Waals surface area contributed by atoms with Crippen LogP contribution in [0.1, 0.15) is 27.8 Å². The van der Waals surface area contributed by atoms with E-state index < -0.39 is 6.10 Å². The topological polar surface area (TPSA) is 92.6 Å². The number of amides is 1. The molecule has 3 aromatic carbocycles. The van der Waals surface area contributed by atoms with Crippen molar-refractivity contribution in [3.8, 4) is 17.1 Å². The molecule has 0 spiro atoms. The number of nitrogens with zero attached hydrogens (tertiary/aromatic N) is 2. The van der Waals surface area contributed by atoms with Gasteiger partial charge in [-0.05, 0) is 35.9 Å². The van der Waals surface area contributed by atoms with Crippen LogP contribution in [0.5, 0.6) is 5.75 Å². The fourth-order valence-electron chi connectivity index (χ4n) is 5.04. The summed E-state index contributed by atoms with van der Waals surface area (Å²) in [5, 5.41) is 3.32. The lowest BCUT2D eigenvalue weighted by Crippen LogP contribution is -2.36. The summed E-state index contributed by atoms with van der Waals surface area (Å²) in [5.41, 5.74) is 3.43. The SMILES string of the molecule is CNC(=O)c1c(-c2ccc(F)cc2)oc2cc(N3CCOCC3)c(OC(Cc3ccccc3)c3ncc[nH]3)cc12. The Bertz CT molecular complexity index is 1590. The molecule has 9 heteroatoms. The van der Waals surface area contributed by atoms with Gasteiger partial charge in [-0.15, -0.1) is 0 Å². The molecule has 1 fully saturated rings. The number of carbonyl (C=O) groups is 1. The van der Waals surface area contributed by atoms with E-state index in [9.17, 15) is 9.18 Å². The normalized spacial score (nSPS) is 14.3. The zero-order chi connectivity index (χ0) is 27.5. The molecule has 1 aliphatic heterocycles. The van der Waals surface area contributed by atoms with E-state index in [2.05, 4.69) is 32.3 Å². The quantitative estimate of drug-likeness (QED) is 0.269. The second-order valence-corrected chi connectivity index (χ2v) is 9.58. The average molecular weight is 541 g/mol. The standard InChI is InChI=1S/C31H29FN4O4/c1-33-31(37)28-23-18-26(39-27(30-34-11-12-35-30)17-20-5-3-2-4-6-20)24(36-13-15-38-16-14-36)19-25(23)40-29(28)21-7-9-22(32)10-8-21/h2-12,18-19,27H,13-17H2,1H3,(H,33,37)(H,34,35). The van der Waals surface area contributed by atoms with E-state index in [0.717, 1.165) is 11.3 Å². The van der Waals surface area contributed by atoms with Crippen LogP contribution in [-0.2, 0) is 11.2 Å². The Labute approximate surface area is 230 Å². The molecule has 1 unspecified atom stereocenters. The minimum atomic E-state index is -0.415. The van der Waals surface area contributed by atoms with Gasteiger partial charge in [0.05, 0.1) is 24.5 Å². The number of H-pyrrole nitrogens is 1. The Morgan fingerprint density at radius 1 is 1.12 bits per heavy atom. The van der Waals surface area contributed by atoms with Gasteiger partial charge in [0.15, 0.2) is 6.10 Å². The summed E-state index contributed by atoms with van der Waals surface area (Å²) >= 11 is 0. The van der Waals surface area contributed by atoms with E-state index in [1.165, 1.54) is 12.1 Å². The number of aromatic nitrogens is 2. The summed E-state index contributed by atoms with van der Waals surface area (Å²) in [7, 11) is 1.57. The number of anilines is 1. The third-order valence-corrected chi connectivity index (χ3v) is 7.04. The number of rotatable bonds is 8. The number of halogens is 1. The predicted octanol–water partition coefficient (Wildman–Crippen LogP) is 5.52. The maximum absolute atomic E-state index is 13.7. The Hall–Kier alpha value is -4.63. The number of ether oxygens (including phenoxy) is 2. The van der Waals surface area contributed by atoms with E-state index in [4.69, 9.17) is 13.9 Å². The maximum atomic E-state index is 13.7. The second-order valence-electron chi connectivity index (χ2n) is 9.58. The summed E-state index contributed by atoms with van der Waals surface area (Å²) in [6.45, 7) is 2.54. The number of benzene rings is 3. The fourth-order valence-corrected chi connectivity index (χ4v) is 5.04. The Kier molecular flexibility index (Phi) is 7.20. The van der Waals surface area contributed by atoms with Crippen LogP contribution in [0.15, 0.2) is 83.5 Å². The second kappa shape index (κ2) is 11.2. The van der Waals surface area contributed by atoms with Crippen molar-refractivity contribution >= 4 is 22.6 Å². The van der Waals surface area contributed by atoms with Crippen molar-refractivity contribution in [1.82, 2.24) is 15.3 Å². The van der Waals surface area contributed by atoms with Gasteiger partial charge < -0.3 is 29.1 Å². The number of imidazole rings is 1. The van der Waals surface area contributed by atoms with Gasteiger partial charge >= 0.3 is 0 Å². The first-order valence-electron chi connectivity index (χ1n) is 13.2. The lowest BCUT2D eigenvalue weighted by Gasteiger charge is -2.31. The first kappa shape index (κ1) is 25.6. The van der Waals surface area contributed by atoms with Crippen molar-refractivity contribution in [1.29, 1.82) is 0 Å². The van der Waals surface area contributed by atoms with E-state index >= 15 is 0 Å². The van der Waals surface area contributed by atoms with Gasteiger partial charge in [0.2, 0.25) is 0 Å². The molecule has 5 aromatic rings. The van der Waals surface area contributed by atoms with Crippen LogP contribution in [-0.4, -0.2) is 49.2 Å². The Morgan fingerprint density at radius 2 is 1.90 bits per heavy atom. The highest BCUT2D eigenvalue weighted by atomic mass is 19.1. The molecule has 1 amide bonds. The van der Waals surface area contributed by atoms with E-state index in [1.807, 2.05) is 30.3 Å². The lowest BCUT2D eigenvalue weighted by atomic mass is 10.0. The lowest BCUT2D eigenvalue weighted by molar-refractivity contribution is 0.0964. The predicted molar refractivity (Wildman–Crippen MR) is 150 cm³/mol. The highest BCUT2D eigenvalue weighted by Crippen LogP contribution is 2.42. The zero-order valence-corrected chi connectivity index (χ0v) is 22.0. The number of furan rings is 1. The Balaban J connectivity index is 1.50. The molecule has 3 heterocycles. The van der Waals surface area contributed by atoms with Crippen molar-refractivity contribution in [3.05, 3.63) is 102 Å². The van der Waals surface area contributed by atoms with Crippen LogP contribution in [0.3, 0.4) is 0 Å². The highest BCUT2D eigenvalue weighted by Gasteiger charge is 2.27. The maximum Gasteiger partial charge on any atom is 0.255 e. The summed E-state index contributed by atoms with van der Waals surface area (Å²) in [6, 6.07) is 19.8. The number of hydrogen-bond donors (Lipinski definition) is 2. The fraction of sp³-hybridized carbons (Fsp3) is 0.226. The van der Waals surface area contributed by atoms with Crippen molar-refractivity contribution < 1.29 is 23.1 Å². The largest absolute Gasteiger partial charge is 0.480 e. The molecule has 1 atom stereocenters. The number of morpholine rings is 1. The van der Waals surface area contributed by atoms with Crippen LogP contribution >= 0.6 is 0 Å². The summed E-state index contributed by atoms with van der Waals surface area (Å²) in [4.78, 5) is 23.1. The molecule has 0 saturated carbocycles. The number of nitrogens with one attached hydrogen (secondary N) is 2. The molecule has 2 N–H and O–H groups in total. The van der Waals surface area contributed by atoms with Crippen LogP contribution < -0.4 is 15.0 Å². The summed E-state index contributed by atoms with van der Waals surface area (Å²) in [5.74, 6) is 0.987. The molecule has 2 aromatic heterocycles.